The normalized spacial score (nSPS) is 12.1. The summed E-state index contributed by atoms with van der Waals surface area (Å²) in [4.78, 5) is 0. The minimum absolute atomic E-state index is 0.194. The minimum Gasteiger partial charge on any atom is -0.209 e. The van der Waals surface area contributed by atoms with Crippen LogP contribution in [0.4, 0.5) is 0 Å². The lowest BCUT2D eigenvalue weighted by Crippen LogP contribution is -1.97. The van der Waals surface area contributed by atoms with Gasteiger partial charge in [0.2, 0.25) is 0 Å². The minimum atomic E-state index is -0.194. The third-order valence-corrected chi connectivity index (χ3v) is 4.26. The molecular formula is C15H15IN2S. The Balaban J connectivity index is 2.26. The standard InChI is InChI=1S/C15H15IN2S/c1-19-10-11-2-4-12(5-3-11)15(18-17)13-6-8-14(16)9-7-13/h2-9,15,17H,10H2,1H3. The lowest BCUT2D eigenvalue weighted by atomic mass is 9.99. The Labute approximate surface area is 131 Å². The van der Waals surface area contributed by atoms with E-state index in [-0.39, 0.29) is 6.04 Å². The molecule has 0 saturated carbocycles. The predicted octanol–water partition coefficient (Wildman–Crippen LogP) is 5.27. The summed E-state index contributed by atoms with van der Waals surface area (Å²) in [5.41, 5.74) is 10.9. The molecule has 98 valence electrons. The van der Waals surface area contributed by atoms with Crippen molar-refractivity contribution in [3.05, 3.63) is 68.8 Å². The van der Waals surface area contributed by atoms with Crippen LogP contribution in [0.2, 0.25) is 0 Å². The zero-order valence-electron chi connectivity index (χ0n) is 10.6. The molecule has 19 heavy (non-hydrogen) atoms. The molecule has 0 aromatic heterocycles. The molecule has 0 bridgehead atoms. The fraction of sp³-hybridized carbons (Fsp3) is 0.200. The fourth-order valence-corrected chi connectivity index (χ4v) is 2.83. The van der Waals surface area contributed by atoms with Gasteiger partial charge in [0.15, 0.2) is 0 Å². The van der Waals surface area contributed by atoms with Crippen molar-refractivity contribution in [3.63, 3.8) is 0 Å². The highest BCUT2D eigenvalue weighted by Gasteiger charge is 2.12. The maximum Gasteiger partial charge on any atom is 0.121 e. The first kappa shape index (κ1) is 14.5. The highest BCUT2D eigenvalue weighted by atomic mass is 127. The Morgan fingerprint density at radius 2 is 1.58 bits per heavy atom. The van der Waals surface area contributed by atoms with Gasteiger partial charge in [-0.3, -0.25) is 0 Å². The molecular weight excluding hydrogens is 367 g/mol. The van der Waals surface area contributed by atoms with E-state index in [1.165, 1.54) is 9.13 Å². The van der Waals surface area contributed by atoms with E-state index in [2.05, 4.69) is 70.4 Å². The van der Waals surface area contributed by atoms with Crippen LogP contribution >= 0.6 is 34.4 Å². The maximum atomic E-state index is 7.44. The highest BCUT2D eigenvalue weighted by Crippen LogP contribution is 2.27. The van der Waals surface area contributed by atoms with Gasteiger partial charge in [0, 0.05) is 9.32 Å². The van der Waals surface area contributed by atoms with Crippen molar-refractivity contribution < 1.29 is 0 Å². The van der Waals surface area contributed by atoms with Gasteiger partial charge in [0.05, 0.1) is 0 Å². The van der Waals surface area contributed by atoms with E-state index in [4.69, 9.17) is 5.53 Å². The third-order valence-electron chi connectivity index (χ3n) is 2.92. The van der Waals surface area contributed by atoms with Gasteiger partial charge in [0.25, 0.3) is 0 Å². The van der Waals surface area contributed by atoms with Crippen molar-refractivity contribution in [2.75, 3.05) is 6.26 Å². The van der Waals surface area contributed by atoms with E-state index < -0.39 is 0 Å². The zero-order chi connectivity index (χ0) is 13.7. The van der Waals surface area contributed by atoms with Crippen molar-refractivity contribution in [1.29, 1.82) is 5.53 Å². The maximum absolute atomic E-state index is 7.44. The summed E-state index contributed by atoms with van der Waals surface area (Å²) in [6.07, 6.45) is 2.10. The number of halogens is 1. The van der Waals surface area contributed by atoms with Gasteiger partial charge < -0.3 is 0 Å². The van der Waals surface area contributed by atoms with Crippen LogP contribution in [0.5, 0.6) is 0 Å². The number of thioether (sulfide) groups is 1. The Hall–Kier alpha value is -0.880. The third kappa shape index (κ3) is 3.79. The smallest absolute Gasteiger partial charge is 0.121 e. The van der Waals surface area contributed by atoms with Crippen LogP contribution < -0.4 is 0 Å². The number of hydrogen-bond donors (Lipinski definition) is 1. The molecule has 1 unspecified atom stereocenters. The van der Waals surface area contributed by atoms with E-state index >= 15 is 0 Å². The second kappa shape index (κ2) is 7.05. The van der Waals surface area contributed by atoms with Crippen LogP contribution in [0.3, 0.4) is 0 Å². The quantitative estimate of drug-likeness (QED) is 0.555. The van der Waals surface area contributed by atoms with Crippen LogP contribution in [0.15, 0.2) is 53.6 Å². The molecule has 0 aliphatic heterocycles. The van der Waals surface area contributed by atoms with Crippen molar-refractivity contribution in [2.24, 2.45) is 5.11 Å². The van der Waals surface area contributed by atoms with Gasteiger partial charge in [-0.25, -0.2) is 5.53 Å². The number of nitrogens with zero attached hydrogens (tertiary/aromatic N) is 1. The second-order valence-corrected chi connectivity index (χ2v) is 6.37. The molecule has 0 fully saturated rings. The molecule has 0 spiro atoms. The summed E-state index contributed by atoms with van der Waals surface area (Å²) in [5, 5.41) is 3.78. The van der Waals surface area contributed by atoms with Gasteiger partial charge in [-0.05, 0) is 57.7 Å². The Morgan fingerprint density at radius 1 is 1.05 bits per heavy atom. The largest absolute Gasteiger partial charge is 0.209 e. The molecule has 1 N–H and O–H groups in total. The molecule has 0 heterocycles. The first-order valence-electron chi connectivity index (χ1n) is 5.94. The molecule has 0 amide bonds. The van der Waals surface area contributed by atoms with Gasteiger partial charge in [-0.1, -0.05) is 36.4 Å². The van der Waals surface area contributed by atoms with E-state index in [0.29, 0.717) is 0 Å². The van der Waals surface area contributed by atoms with Crippen LogP contribution in [-0.4, -0.2) is 6.26 Å². The molecule has 2 aromatic rings. The van der Waals surface area contributed by atoms with Crippen LogP contribution in [0.25, 0.3) is 0 Å². The average molecular weight is 382 g/mol. The highest BCUT2D eigenvalue weighted by molar-refractivity contribution is 14.1. The average Bonchev–Trinajstić information content (AvgIpc) is 2.44. The van der Waals surface area contributed by atoms with Gasteiger partial charge in [-0.2, -0.15) is 16.9 Å². The number of benzene rings is 2. The summed E-state index contributed by atoms with van der Waals surface area (Å²) < 4.78 is 1.19. The topological polar surface area (TPSA) is 36.2 Å². The molecule has 2 aromatic carbocycles. The first-order chi connectivity index (χ1) is 9.24. The summed E-state index contributed by atoms with van der Waals surface area (Å²) >= 11 is 4.09. The summed E-state index contributed by atoms with van der Waals surface area (Å²) in [5.74, 6) is 1.02. The molecule has 0 radical (unpaired) electrons. The molecule has 0 aliphatic carbocycles. The Morgan fingerprint density at radius 3 is 2.05 bits per heavy atom. The second-order valence-electron chi connectivity index (χ2n) is 4.26. The van der Waals surface area contributed by atoms with Crippen molar-refractivity contribution >= 4 is 34.4 Å². The monoisotopic (exact) mass is 382 g/mol. The Kier molecular flexibility index (Phi) is 5.39. The first-order valence-corrected chi connectivity index (χ1v) is 8.41. The Bertz CT molecular complexity index is 537. The summed E-state index contributed by atoms with van der Waals surface area (Å²) in [6.45, 7) is 0. The lowest BCUT2D eigenvalue weighted by molar-refractivity contribution is 0.775. The van der Waals surface area contributed by atoms with Gasteiger partial charge >= 0.3 is 0 Å². The van der Waals surface area contributed by atoms with Crippen molar-refractivity contribution in [1.82, 2.24) is 0 Å². The van der Waals surface area contributed by atoms with Crippen LogP contribution in [0.1, 0.15) is 22.7 Å². The van der Waals surface area contributed by atoms with Crippen molar-refractivity contribution in [3.8, 4) is 0 Å². The van der Waals surface area contributed by atoms with Crippen LogP contribution in [-0.2, 0) is 5.75 Å². The lowest BCUT2D eigenvalue weighted by Gasteiger charge is -2.12. The molecule has 0 aliphatic rings. The molecule has 0 saturated heterocycles. The van der Waals surface area contributed by atoms with Gasteiger partial charge in [0.1, 0.15) is 6.04 Å². The summed E-state index contributed by atoms with van der Waals surface area (Å²) in [6, 6.07) is 16.4. The molecule has 2 nitrogen and oxygen atoms in total. The predicted molar refractivity (Wildman–Crippen MR) is 89.8 cm³/mol. The number of hydrogen-bond acceptors (Lipinski definition) is 3. The van der Waals surface area contributed by atoms with E-state index in [0.717, 1.165) is 16.9 Å². The number of nitrogens with one attached hydrogen (secondary N) is 1. The SMILES string of the molecule is CSCc1ccc(C(N=N)c2ccc(I)cc2)cc1. The van der Waals surface area contributed by atoms with E-state index in [9.17, 15) is 0 Å². The van der Waals surface area contributed by atoms with Crippen LogP contribution in [0, 0.1) is 9.10 Å². The van der Waals surface area contributed by atoms with E-state index in [1.54, 1.807) is 0 Å². The van der Waals surface area contributed by atoms with E-state index in [1.807, 2.05) is 23.9 Å². The summed E-state index contributed by atoms with van der Waals surface area (Å²) in [7, 11) is 0. The fourth-order valence-electron chi connectivity index (χ4n) is 1.95. The number of rotatable bonds is 5. The molecule has 4 heteroatoms. The van der Waals surface area contributed by atoms with Crippen molar-refractivity contribution in [2.45, 2.75) is 11.8 Å². The molecule has 2 rings (SSSR count). The molecule has 1 atom stereocenters. The van der Waals surface area contributed by atoms with Gasteiger partial charge in [-0.15, -0.1) is 0 Å². The zero-order valence-corrected chi connectivity index (χ0v) is 13.6.